The molecule has 0 aliphatic heterocycles. The number of rotatable bonds is 10. The fourth-order valence-electron chi connectivity index (χ4n) is 3.09. The van der Waals surface area contributed by atoms with Gasteiger partial charge >= 0.3 is 6.09 Å². The SMILES string of the molecule is CC(=O)c1ccccc1OC[C@H](OS(C)(=O)=O)[C@H](Cc1ccccc1)NC(=O)OC(C)(C)C. The molecule has 33 heavy (non-hydrogen) atoms. The second-order valence-electron chi connectivity index (χ2n) is 8.64. The van der Waals surface area contributed by atoms with E-state index in [0.717, 1.165) is 11.8 Å². The van der Waals surface area contributed by atoms with E-state index in [2.05, 4.69) is 5.32 Å². The van der Waals surface area contributed by atoms with Crippen molar-refractivity contribution in [1.82, 2.24) is 5.32 Å². The van der Waals surface area contributed by atoms with E-state index in [9.17, 15) is 18.0 Å². The zero-order valence-corrected chi connectivity index (χ0v) is 20.3. The normalized spacial score (nSPS) is 13.6. The van der Waals surface area contributed by atoms with Gasteiger partial charge in [0.15, 0.2) is 5.78 Å². The molecule has 0 aliphatic rings. The zero-order valence-electron chi connectivity index (χ0n) is 19.5. The molecular weight excluding hydrogens is 446 g/mol. The van der Waals surface area contributed by atoms with Crippen LogP contribution in [0.4, 0.5) is 4.79 Å². The van der Waals surface area contributed by atoms with Crippen LogP contribution in [-0.2, 0) is 25.5 Å². The number of benzene rings is 2. The molecular formula is C24H31NO7S. The molecule has 9 heteroatoms. The van der Waals surface area contributed by atoms with Crippen molar-refractivity contribution in [2.75, 3.05) is 12.9 Å². The molecule has 1 N–H and O–H groups in total. The summed E-state index contributed by atoms with van der Waals surface area (Å²) in [5.74, 6) is 0.0988. The Labute approximate surface area is 195 Å². The van der Waals surface area contributed by atoms with E-state index in [1.165, 1.54) is 6.92 Å². The Bertz CT molecular complexity index is 1050. The Morgan fingerprint density at radius 1 is 1.00 bits per heavy atom. The van der Waals surface area contributed by atoms with Crippen molar-refractivity contribution in [3.05, 3.63) is 65.7 Å². The van der Waals surface area contributed by atoms with Crippen LogP contribution < -0.4 is 10.1 Å². The third kappa shape index (κ3) is 9.63. The van der Waals surface area contributed by atoms with Crippen LogP contribution in [0.3, 0.4) is 0 Å². The number of carbonyl (C=O) groups excluding carboxylic acids is 2. The number of hydrogen-bond acceptors (Lipinski definition) is 7. The smallest absolute Gasteiger partial charge is 0.407 e. The second-order valence-corrected chi connectivity index (χ2v) is 10.2. The highest BCUT2D eigenvalue weighted by atomic mass is 32.2. The lowest BCUT2D eigenvalue weighted by Gasteiger charge is -2.29. The van der Waals surface area contributed by atoms with Gasteiger partial charge in [0.2, 0.25) is 0 Å². The highest BCUT2D eigenvalue weighted by Gasteiger charge is 2.31. The lowest BCUT2D eigenvalue weighted by atomic mass is 10.0. The van der Waals surface area contributed by atoms with E-state index < -0.39 is 34.0 Å². The summed E-state index contributed by atoms with van der Waals surface area (Å²) in [6.07, 6.45) is -0.614. The molecule has 0 fully saturated rings. The van der Waals surface area contributed by atoms with Gasteiger partial charge in [-0.15, -0.1) is 0 Å². The second kappa shape index (κ2) is 11.3. The number of ketones is 1. The Balaban J connectivity index is 2.33. The van der Waals surface area contributed by atoms with Crippen molar-refractivity contribution in [3.8, 4) is 5.75 Å². The number of nitrogens with one attached hydrogen (secondary N) is 1. The maximum Gasteiger partial charge on any atom is 0.407 e. The summed E-state index contributed by atoms with van der Waals surface area (Å²) in [6.45, 7) is 6.36. The first-order valence-corrected chi connectivity index (χ1v) is 12.3. The number of hydrogen-bond donors (Lipinski definition) is 1. The summed E-state index contributed by atoms with van der Waals surface area (Å²) in [5.41, 5.74) is 0.464. The van der Waals surface area contributed by atoms with Crippen molar-refractivity contribution in [1.29, 1.82) is 0 Å². The molecule has 0 saturated carbocycles. The Kier molecular flexibility index (Phi) is 9.01. The van der Waals surface area contributed by atoms with Crippen molar-refractivity contribution >= 4 is 22.0 Å². The van der Waals surface area contributed by atoms with E-state index in [0.29, 0.717) is 11.3 Å². The van der Waals surface area contributed by atoms with E-state index >= 15 is 0 Å². The van der Waals surface area contributed by atoms with Gasteiger partial charge in [0.1, 0.15) is 24.1 Å². The standard InChI is InChI=1S/C24H31NO7S/c1-17(26)19-13-9-10-14-21(19)30-16-22(32-33(5,28)29)20(15-18-11-7-6-8-12-18)25-23(27)31-24(2,3)4/h6-14,20,22H,15-16H2,1-5H3,(H,25,27)/t20-,22-/m0/s1. The lowest BCUT2D eigenvalue weighted by Crippen LogP contribution is -2.50. The molecule has 0 aromatic heterocycles. The molecule has 2 atom stereocenters. The van der Waals surface area contributed by atoms with Crippen LogP contribution in [0.1, 0.15) is 43.6 Å². The summed E-state index contributed by atoms with van der Waals surface area (Å²) in [7, 11) is -3.90. The van der Waals surface area contributed by atoms with Gasteiger partial charge in [0.05, 0.1) is 17.9 Å². The maximum atomic E-state index is 12.5. The van der Waals surface area contributed by atoms with Crippen molar-refractivity contribution < 1.29 is 31.7 Å². The van der Waals surface area contributed by atoms with Crippen LogP contribution in [0, 0.1) is 0 Å². The molecule has 2 aromatic rings. The van der Waals surface area contributed by atoms with Gasteiger partial charge in [-0.1, -0.05) is 42.5 Å². The van der Waals surface area contributed by atoms with Crippen molar-refractivity contribution in [2.24, 2.45) is 0 Å². The molecule has 0 spiro atoms. The van der Waals surface area contributed by atoms with Gasteiger partial charge in [0, 0.05) is 0 Å². The van der Waals surface area contributed by atoms with Crippen LogP contribution in [0.15, 0.2) is 54.6 Å². The van der Waals surface area contributed by atoms with Gasteiger partial charge < -0.3 is 14.8 Å². The number of para-hydroxylation sites is 1. The van der Waals surface area contributed by atoms with Crippen molar-refractivity contribution in [3.63, 3.8) is 0 Å². The zero-order chi connectivity index (χ0) is 24.6. The van der Waals surface area contributed by atoms with E-state index in [1.54, 1.807) is 45.0 Å². The Morgan fingerprint density at radius 3 is 2.18 bits per heavy atom. The van der Waals surface area contributed by atoms with Crippen LogP contribution in [-0.4, -0.2) is 50.9 Å². The predicted molar refractivity (Wildman–Crippen MR) is 125 cm³/mol. The molecule has 1 amide bonds. The van der Waals surface area contributed by atoms with E-state index in [1.807, 2.05) is 30.3 Å². The van der Waals surface area contributed by atoms with Gasteiger partial charge in [0.25, 0.3) is 10.1 Å². The Morgan fingerprint density at radius 2 is 1.61 bits per heavy atom. The van der Waals surface area contributed by atoms with Crippen LogP contribution in [0.2, 0.25) is 0 Å². The molecule has 0 heterocycles. The first kappa shape index (κ1) is 26.3. The summed E-state index contributed by atoms with van der Waals surface area (Å²) >= 11 is 0. The average Bonchev–Trinajstić information content (AvgIpc) is 2.69. The highest BCUT2D eigenvalue weighted by Crippen LogP contribution is 2.20. The van der Waals surface area contributed by atoms with Crippen LogP contribution in [0.25, 0.3) is 0 Å². The molecule has 180 valence electrons. The summed E-state index contributed by atoms with van der Waals surface area (Å²) < 4.78 is 40.5. The molecule has 0 aliphatic carbocycles. The number of ether oxygens (including phenoxy) is 2. The molecule has 2 rings (SSSR count). The summed E-state index contributed by atoms with van der Waals surface area (Å²) in [5, 5.41) is 2.72. The predicted octanol–water partition coefficient (Wildman–Crippen LogP) is 3.75. The number of amides is 1. The van der Waals surface area contributed by atoms with Crippen LogP contribution in [0.5, 0.6) is 5.75 Å². The third-order valence-corrected chi connectivity index (χ3v) is 5.01. The minimum absolute atomic E-state index is 0.195. The molecule has 8 nitrogen and oxygen atoms in total. The lowest BCUT2D eigenvalue weighted by molar-refractivity contribution is 0.0405. The quantitative estimate of drug-likeness (QED) is 0.410. The van der Waals surface area contributed by atoms with Crippen molar-refractivity contribution in [2.45, 2.75) is 51.9 Å². The first-order valence-electron chi connectivity index (χ1n) is 10.5. The van der Waals surface area contributed by atoms with Crippen LogP contribution >= 0.6 is 0 Å². The Hall–Kier alpha value is -2.91. The molecule has 0 unspecified atom stereocenters. The topological polar surface area (TPSA) is 108 Å². The number of alkyl carbamates (subject to hydrolysis) is 1. The third-order valence-electron chi connectivity index (χ3n) is 4.42. The molecule has 0 saturated heterocycles. The largest absolute Gasteiger partial charge is 0.490 e. The van der Waals surface area contributed by atoms with E-state index in [4.69, 9.17) is 13.7 Å². The minimum Gasteiger partial charge on any atom is -0.490 e. The van der Waals surface area contributed by atoms with Gasteiger partial charge in [-0.05, 0) is 51.8 Å². The van der Waals surface area contributed by atoms with Gasteiger partial charge in [-0.2, -0.15) is 8.42 Å². The fraction of sp³-hybridized carbons (Fsp3) is 0.417. The minimum atomic E-state index is -3.90. The van der Waals surface area contributed by atoms with Gasteiger partial charge in [-0.3, -0.25) is 8.98 Å². The van der Waals surface area contributed by atoms with E-state index in [-0.39, 0.29) is 18.8 Å². The fourth-order valence-corrected chi connectivity index (χ4v) is 3.73. The number of carbonyl (C=O) groups is 2. The first-order chi connectivity index (χ1) is 15.3. The molecule has 2 aromatic carbocycles. The van der Waals surface area contributed by atoms with Gasteiger partial charge in [-0.25, -0.2) is 4.79 Å². The molecule has 0 radical (unpaired) electrons. The maximum absolute atomic E-state index is 12.5. The molecule has 0 bridgehead atoms. The highest BCUT2D eigenvalue weighted by molar-refractivity contribution is 7.86. The average molecular weight is 478 g/mol. The summed E-state index contributed by atoms with van der Waals surface area (Å²) in [6, 6.07) is 15.1. The summed E-state index contributed by atoms with van der Waals surface area (Å²) in [4.78, 5) is 24.4. The number of Topliss-reactive ketones (excluding diaryl/α,β-unsaturated/α-hetero) is 1. The monoisotopic (exact) mass is 477 g/mol.